The van der Waals surface area contributed by atoms with E-state index in [1.807, 2.05) is 4.90 Å². The number of carbonyl (C=O) groups excluding carboxylic acids is 1. The molecule has 1 aromatic heterocycles. The van der Waals surface area contributed by atoms with Crippen molar-refractivity contribution in [2.45, 2.75) is 37.9 Å². The van der Waals surface area contributed by atoms with Gasteiger partial charge in [-0.25, -0.2) is 4.98 Å². The molecule has 1 aliphatic rings. The Labute approximate surface area is 174 Å². The van der Waals surface area contributed by atoms with Crippen molar-refractivity contribution in [3.63, 3.8) is 0 Å². The van der Waals surface area contributed by atoms with Gasteiger partial charge >= 0.3 is 0 Å². The summed E-state index contributed by atoms with van der Waals surface area (Å²) in [6.45, 7) is 4.84. The molecule has 0 bridgehead atoms. The van der Waals surface area contributed by atoms with E-state index in [9.17, 15) is 9.59 Å². The first-order valence-electron chi connectivity index (χ1n) is 9.59. The Morgan fingerprint density at radius 1 is 1.43 bits per heavy atom. The van der Waals surface area contributed by atoms with Crippen LogP contribution in [0, 0.1) is 5.92 Å². The number of carbonyl (C=O) groups is 1. The lowest BCUT2D eigenvalue weighted by Crippen LogP contribution is -2.40. The van der Waals surface area contributed by atoms with Crippen LogP contribution >= 0.6 is 23.4 Å². The summed E-state index contributed by atoms with van der Waals surface area (Å²) in [4.78, 5) is 32.2. The maximum Gasteiger partial charge on any atom is 0.262 e. The van der Waals surface area contributed by atoms with E-state index in [0.29, 0.717) is 46.6 Å². The molecule has 0 aliphatic carbocycles. The average Bonchev–Trinajstić information content (AvgIpc) is 2.68. The summed E-state index contributed by atoms with van der Waals surface area (Å²) in [5.41, 5.74) is 0.446. The van der Waals surface area contributed by atoms with Crippen molar-refractivity contribution in [3.8, 4) is 0 Å². The molecule has 1 unspecified atom stereocenters. The molecule has 1 aliphatic heterocycles. The Morgan fingerprint density at radius 3 is 3.00 bits per heavy atom. The molecule has 2 aromatic rings. The largest absolute Gasteiger partial charge is 0.385 e. The first-order chi connectivity index (χ1) is 13.5. The van der Waals surface area contributed by atoms with Crippen molar-refractivity contribution in [2.75, 3.05) is 32.6 Å². The molecule has 28 heavy (non-hydrogen) atoms. The molecule has 8 heteroatoms. The van der Waals surface area contributed by atoms with Crippen LogP contribution in [0.25, 0.3) is 10.9 Å². The van der Waals surface area contributed by atoms with E-state index in [2.05, 4.69) is 11.9 Å². The van der Waals surface area contributed by atoms with Gasteiger partial charge in [-0.3, -0.25) is 14.2 Å². The lowest BCUT2D eigenvalue weighted by atomic mass is 10.0. The first-order valence-corrected chi connectivity index (χ1v) is 11.0. The highest BCUT2D eigenvalue weighted by atomic mass is 35.5. The molecule has 3 rings (SSSR count). The lowest BCUT2D eigenvalue weighted by molar-refractivity contribution is -0.130. The summed E-state index contributed by atoms with van der Waals surface area (Å²) in [7, 11) is 1.64. The zero-order valence-corrected chi connectivity index (χ0v) is 17.9. The standard InChI is InChI=1S/C20H26ClN3O3S/c1-14-5-3-8-23(12-14)18(25)13-28-20-22-17-11-15(21)6-7-16(17)19(26)24(20)9-4-10-27-2/h6-7,11,14H,3-5,8-10,12-13H2,1-2H3. The van der Waals surface area contributed by atoms with Gasteiger partial charge in [-0.2, -0.15) is 0 Å². The van der Waals surface area contributed by atoms with Crippen molar-refractivity contribution in [3.05, 3.63) is 33.6 Å². The minimum Gasteiger partial charge on any atom is -0.385 e. The first kappa shape index (κ1) is 21.1. The summed E-state index contributed by atoms with van der Waals surface area (Å²) in [5, 5.41) is 1.61. The molecule has 152 valence electrons. The Kier molecular flexibility index (Phi) is 7.37. The second-order valence-corrected chi connectivity index (χ2v) is 8.61. The summed E-state index contributed by atoms with van der Waals surface area (Å²) < 4.78 is 6.76. The van der Waals surface area contributed by atoms with E-state index in [1.54, 1.807) is 29.9 Å². The minimum absolute atomic E-state index is 0.0976. The third-order valence-electron chi connectivity index (χ3n) is 4.95. The van der Waals surface area contributed by atoms with Crippen LogP contribution in [-0.2, 0) is 16.1 Å². The highest BCUT2D eigenvalue weighted by molar-refractivity contribution is 7.99. The average molecular weight is 424 g/mol. The molecule has 1 aromatic carbocycles. The van der Waals surface area contributed by atoms with Crippen molar-refractivity contribution in [1.82, 2.24) is 14.5 Å². The molecule has 2 heterocycles. The van der Waals surface area contributed by atoms with E-state index < -0.39 is 0 Å². The van der Waals surface area contributed by atoms with E-state index in [1.165, 1.54) is 18.2 Å². The number of hydrogen-bond donors (Lipinski definition) is 0. The topological polar surface area (TPSA) is 64.4 Å². The van der Waals surface area contributed by atoms with Gasteiger partial charge in [0.15, 0.2) is 5.16 Å². The zero-order valence-electron chi connectivity index (χ0n) is 16.3. The van der Waals surface area contributed by atoms with Crippen molar-refractivity contribution in [1.29, 1.82) is 0 Å². The number of fused-ring (bicyclic) bond motifs is 1. The number of rotatable bonds is 7. The predicted octanol–water partition coefficient (Wildman–Crippen LogP) is 3.44. The molecular weight excluding hydrogens is 398 g/mol. The molecule has 6 nitrogen and oxygen atoms in total. The molecule has 1 atom stereocenters. The normalized spacial score (nSPS) is 17.2. The van der Waals surface area contributed by atoms with Crippen LogP contribution in [0.2, 0.25) is 5.02 Å². The van der Waals surface area contributed by atoms with Crippen LogP contribution < -0.4 is 5.56 Å². The smallest absolute Gasteiger partial charge is 0.262 e. The van der Waals surface area contributed by atoms with Gasteiger partial charge in [-0.05, 0) is 43.4 Å². The fourth-order valence-electron chi connectivity index (χ4n) is 3.48. The van der Waals surface area contributed by atoms with Gasteiger partial charge in [-0.15, -0.1) is 0 Å². The molecule has 1 amide bonds. The fourth-order valence-corrected chi connectivity index (χ4v) is 4.58. The Bertz CT molecular complexity index is 902. The number of halogens is 1. The van der Waals surface area contributed by atoms with Crippen LogP contribution in [0.4, 0.5) is 0 Å². The van der Waals surface area contributed by atoms with Crippen LogP contribution in [0.15, 0.2) is 28.2 Å². The second kappa shape index (κ2) is 9.76. The Hall–Kier alpha value is -1.57. The van der Waals surface area contributed by atoms with Crippen LogP contribution in [-0.4, -0.2) is 52.9 Å². The molecule has 1 saturated heterocycles. The summed E-state index contributed by atoms with van der Waals surface area (Å²) in [5.74, 6) is 0.909. The third-order valence-corrected chi connectivity index (χ3v) is 6.14. The highest BCUT2D eigenvalue weighted by Crippen LogP contribution is 2.22. The molecule has 0 saturated carbocycles. The summed E-state index contributed by atoms with van der Waals surface area (Å²) in [6.07, 6.45) is 2.91. The number of hydrogen-bond acceptors (Lipinski definition) is 5. The SMILES string of the molecule is COCCCn1c(SCC(=O)N2CCCC(C)C2)nc2cc(Cl)ccc2c1=O. The Morgan fingerprint density at radius 2 is 2.25 bits per heavy atom. The molecule has 1 fully saturated rings. The van der Waals surface area contributed by atoms with Crippen molar-refractivity contribution in [2.24, 2.45) is 5.92 Å². The van der Waals surface area contributed by atoms with Gasteiger partial charge in [0.25, 0.3) is 5.56 Å². The van der Waals surface area contributed by atoms with Crippen LogP contribution in [0.3, 0.4) is 0 Å². The number of piperidine rings is 1. The number of thioether (sulfide) groups is 1. The number of benzene rings is 1. The highest BCUT2D eigenvalue weighted by Gasteiger charge is 2.22. The number of amides is 1. The van der Waals surface area contributed by atoms with E-state index in [4.69, 9.17) is 16.3 Å². The molecular formula is C20H26ClN3O3S. The lowest BCUT2D eigenvalue weighted by Gasteiger charge is -2.30. The maximum atomic E-state index is 13.0. The van der Waals surface area contributed by atoms with Crippen LogP contribution in [0.5, 0.6) is 0 Å². The van der Waals surface area contributed by atoms with Gasteiger partial charge in [0.05, 0.1) is 16.7 Å². The van der Waals surface area contributed by atoms with Gasteiger partial charge < -0.3 is 9.64 Å². The van der Waals surface area contributed by atoms with Gasteiger partial charge in [0, 0.05) is 38.4 Å². The molecule has 0 N–H and O–H groups in total. The molecule has 0 radical (unpaired) electrons. The third kappa shape index (κ3) is 5.07. The second-order valence-electron chi connectivity index (χ2n) is 7.23. The van der Waals surface area contributed by atoms with Crippen molar-refractivity contribution < 1.29 is 9.53 Å². The molecule has 0 spiro atoms. The Balaban J connectivity index is 1.83. The number of aromatic nitrogens is 2. The maximum absolute atomic E-state index is 13.0. The van der Waals surface area contributed by atoms with E-state index in [0.717, 1.165) is 19.5 Å². The number of nitrogens with zero attached hydrogens (tertiary/aromatic N) is 3. The summed E-state index contributed by atoms with van der Waals surface area (Å²) >= 11 is 7.39. The van der Waals surface area contributed by atoms with E-state index >= 15 is 0 Å². The minimum atomic E-state index is -0.112. The fraction of sp³-hybridized carbons (Fsp3) is 0.550. The quantitative estimate of drug-likeness (QED) is 0.388. The van der Waals surface area contributed by atoms with Gasteiger partial charge in [0.2, 0.25) is 5.91 Å². The summed E-state index contributed by atoms with van der Waals surface area (Å²) in [6, 6.07) is 5.09. The van der Waals surface area contributed by atoms with Crippen molar-refractivity contribution >= 4 is 40.2 Å². The van der Waals surface area contributed by atoms with E-state index in [-0.39, 0.29) is 17.2 Å². The van der Waals surface area contributed by atoms with Gasteiger partial charge in [0.1, 0.15) is 0 Å². The monoisotopic (exact) mass is 423 g/mol. The zero-order chi connectivity index (χ0) is 20.1. The van der Waals surface area contributed by atoms with Crippen LogP contribution in [0.1, 0.15) is 26.2 Å². The number of ether oxygens (including phenoxy) is 1. The number of methoxy groups -OCH3 is 1. The van der Waals surface area contributed by atoms with Gasteiger partial charge in [-0.1, -0.05) is 30.3 Å². The number of likely N-dealkylation sites (tertiary alicyclic amines) is 1. The predicted molar refractivity (Wildman–Crippen MR) is 113 cm³/mol.